The second-order valence-corrected chi connectivity index (χ2v) is 4.98. The maximum Gasteiger partial charge on any atom is 0.148 e. The molecular formula is C10H18N6S. The maximum atomic E-state index is 8.64. The van der Waals surface area contributed by atoms with Gasteiger partial charge in [-0.2, -0.15) is 5.26 Å². The zero-order valence-electron chi connectivity index (χ0n) is 10.2. The molecule has 7 heteroatoms. The van der Waals surface area contributed by atoms with Crippen molar-refractivity contribution in [2.75, 3.05) is 18.5 Å². The zero-order valence-corrected chi connectivity index (χ0v) is 11.0. The van der Waals surface area contributed by atoms with Crippen LogP contribution in [0.2, 0.25) is 0 Å². The normalized spacial score (nSPS) is 10.8. The summed E-state index contributed by atoms with van der Waals surface area (Å²) in [5, 5.41) is 13.5. The number of anilines is 1. The molecule has 0 saturated carbocycles. The predicted octanol–water partition coefficient (Wildman–Crippen LogP) is 1.20. The fourth-order valence-electron chi connectivity index (χ4n) is 1.59. The van der Waals surface area contributed by atoms with E-state index in [1.807, 2.05) is 0 Å². The van der Waals surface area contributed by atoms with Crippen LogP contribution in [0.5, 0.6) is 0 Å². The van der Waals surface area contributed by atoms with Gasteiger partial charge in [-0.3, -0.25) is 4.90 Å². The third kappa shape index (κ3) is 4.65. The Hall–Kier alpha value is -1.23. The summed E-state index contributed by atoms with van der Waals surface area (Å²) in [7, 11) is 0. The third-order valence-electron chi connectivity index (χ3n) is 2.22. The van der Waals surface area contributed by atoms with E-state index in [-0.39, 0.29) is 0 Å². The summed E-state index contributed by atoms with van der Waals surface area (Å²) in [5.41, 5.74) is 3.44. The summed E-state index contributed by atoms with van der Waals surface area (Å²) < 4.78 is 3.86. The fourth-order valence-corrected chi connectivity index (χ4v) is 2.08. The lowest BCUT2D eigenvalue weighted by atomic mass is 10.2. The molecule has 1 aromatic heterocycles. The molecule has 0 unspecified atom stereocenters. The van der Waals surface area contributed by atoms with Gasteiger partial charge in [-0.25, -0.2) is 5.84 Å². The van der Waals surface area contributed by atoms with E-state index in [0.29, 0.717) is 18.9 Å². The van der Waals surface area contributed by atoms with Crippen LogP contribution < -0.4 is 11.3 Å². The van der Waals surface area contributed by atoms with Crippen molar-refractivity contribution in [3.05, 3.63) is 5.69 Å². The molecule has 0 aromatic carbocycles. The molecule has 94 valence electrons. The second kappa shape index (κ2) is 7.17. The molecule has 1 heterocycles. The van der Waals surface area contributed by atoms with E-state index < -0.39 is 0 Å². The van der Waals surface area contributed by atoms with Gasteiger partial charge in [0.15, 0.2) is 0 Å². The number of hydrazine groups is 1. The van der Waals surface area contributed by atoms with Crippen molar-refractivity contribution < 1.29 is 0 Å². The Balaban J connectivity index is 2.61. The van der Waals surface area contributed by atoms with Gasteiger partial charge in [0.2, 0.25) is 0 Å². The van der Waals surface area contributed by atoms with Crippen molar-refractivity contribution in [2.24, 2.45) is 11.8 Å². The summed E-state index contributed by atoms with van der Waals surface area (Å²) >= 11 is 1.25. The Morgan fingerprint density at radius 3 is 2.94 bits per heavy atom. The standard InChI is InChI=1S/C10H18N6S/c1-8(2)6-16(5-3-4-11)7-9-10(13-12)17-15-14-9/h8,13H,3,5-7,12H2,1-2H3. The van der Waals surface area contributed by atoms with Crippen molar-refractivity contribution in [3.63, 3.8) is 0 Å². The van der Waals surface area contributed by atoms with E-state index in [1.165, 1.54) is 11.5 Å². The minimum Gasteiger partial charge on any atom is -0.313 e. The first-order valence-electron chi connectivity index (χ1n) is 5.54. The summed E-state index contributed by atoms with van der Waals surface area (Å²) in [6.07, 6.45) is 0.523. The Kier molecular flexibility index (Phi) is 5.83. The number of nitrogens with one attached hydrogen (secondary N) is 1. The molecule has 3 N–H and O–H groups in total. The van der Waals surface area contributed by atoms with E-state index in [9.17, 15) is 0 Å². The van der Waals surface area contributed by atoms with Gasteiger partial charge in [0, 0.05) is 37.6 Å². The molecule has 6 nitrogen and oxygen atoms in total. The average molecular weight is 254 g/mol. The number of nitrogen functional groups attached to an aromatic ring is 1. The van der Waals surface area contributed by atoms with Gasteiger partial charge in [0.25, 0.3) is 0 Å². The van der Waals surface area contributed by atoms with E-state index in [1.54, 1.807) is 0 Å². The van der Waals surface area contributed by atoms with E-state index in [2.05, 4.69) is 39.8 Å². The minimum atomic E-state index is 0.523. The molecule has 1 rings (SSSR count). The van der Waals surface area contributed by atoms with Crippen molar-refractivity contribution in [1.29, 1.82) is 5.26 Å². The number of aromatic nitrogens is 2. The minimum absolute atomic E-state index is 0.523. The van der Waals surface area contributed by atoms with Crippen LogP contribution in [0.25, 0.3) is 0 Å². The Labute approximate surface area is 106 Å². The molecular weight excluding hydrogens is 236 g/mol. The molecule has 0 bridgehead atoms. The van der Waals surface area contributed by atoms with Crippen LogP contribution in [0.15, 0.2) is 0 Å². The van der Waals surface area contributed by atoms with Gasteiger partial charge in [0.1, 0.15) is 10.7 Å². The van der Waals surface area contributed by atoms with Crippen molar-refractivity contribution in [2.45, 2.75) is 26.8 Å². The summed E-state index contributed by atoms with van der Waals surface area (Å²) in [5.74, 6) is 5.93. The second-order valence-electron chi connectivity index (χ2n) is 4.23. The van der Waals surface area contributed by atoms with Crippen molar-refractivity contribution in [3.8, 4) is 6.07 Å². The van der Waals surface area contributed by atoms with Crippen LogP contribution in [0.4, 0.5) is 5.00 Å². The van der Waals surface area contributed by atoms with E-state index >= 15 is 0 Å². The molecule has 0 aliphatic rings. The molecule has 1 aromatic rings. The Morgan fingerprint density at radius 2 is 2.35 bits per heavy atom. The highest BCUT2D eigenvalue weighted by atomic mass is 32.1. The SMILES string of the molecule is CC(C)CN(CCC#N)Cc1nnsc1NN. The average Bonchev–Trinajstić information content (AvgIpc) is 2.72. The molecule has 0 saturated heterocycles. The van der Waals surface area contributed by atoms with Gasteiger partial charge in [-0.05, 0) is 5.92 Å². The highest BCUT2D eigenvalue weighted by Crippen LogP contribution is 2.18. The first kappa shape index (κ1) is 13.8. The summed E-state index contributed by atoms with van der Waals surface area (Å²) in [6.45, 7) is 6.66. The van der Waals surface area contributed by atoms with Crippen LogP contribution in [0.1, 0.15) is 26.0 Å². The number of nitrogens with two attached hydrogens (primary N) is 1. The molecule has 0 aliphatic carbocycles. The summed E-state index contributed by atoms with van der Waals surface area (Å²) in [6, 6.07) is 2.16. The number of nitriles is 1. The highest BCUT2D eigenvalue weighted by Gasteiger charge is 2.13. The topological polar surface area (TPSA) is 90.9 Å². The molecule has 0 atom stereocenters. The molecule has 0 amide bonds. The van der Waals surface area contributed by atoms with Gasteiger partial charge in [-0.1, -0.05) is 18.3 Å². The Morgan fingerprint density at radius 1 is 1.59 bits per heavy atom. The zero-order chi connectivity index (χ0) is 12.7. The lowest BCUT2D eigenvalue weighted by Gasteiger charge is -2.22. The van der Waals surface area contributed by atoms with Gasteiger partial charge >= 0.3 is 0 Å². The molecule has 0 spiro atoms. The first-order valence-corrected chi connectivity index (χ1v) is 6.31. The lowest BCUT2D eigenvalue weighted by molar-refractivity contribution is 0.239. The number of hydrogen-bond donors (Lipinski definition) is 2. The van der Waals surface area contributed by atoms with E-state index in [0.717, 1.165) is 23.8 Å². The molecule has 0 fully saturated rings. The highest BCUT2D eigenvalue weighted by molar-refractivity contribution is 7.10. The van der Waals surface area contributed by atoms with Crippen molar-refractivity contribution >= 4 is 16.5 Å². The van der Waals surface area contributed by atoms with Crippen LogP contribution in [-0.2, 0) is 6.54 Å². The number of rotatable bonds is 7. The van der Waals surface area contributed by atoms with Crippen LogP contribution in [0, 0.1) is 17.2 Å². The molecule has 0 radical (unpaired) electrons. The van der Waals surface area contributed by atoms with Crippen molar-refractivity contribution in [1.82, 2.24) is 14.5 Å². The monoisotopic (exact) mass is 254 g/mol. The van der Waals surface area contributed by atoms with Crippen LogP contribution in [-0.4, -0.2) is 27.6 Å². The van der Waals surface area contributed by atoms with Crippen LogP contribution in [0.3, 0.4) is 0 Å². The number of hydrogen-bond acceptors (Lipinski definition) is 7. The van der Waals surface area contributed by atoms with E-state index in [4.69, 9.17) is 11.1 Å². The molecule has 0 aliphatic heterocycles. The smallest absolute Gasteiger partial charge is 0.148 e. The lowest BCUT2D eigenvalue weighted by Crippen LogP contribution is -2.29. The van der Waals surface area contributed by atoms with Gasteiger partial charge in [-0.15, -0.1) is 5.10 Å². The largest absolute Gasteiger partial charge is 0.313 e. The Bertz CT molecular complexity index is 369. The fraction of sp³-hybridized carbons (Fsp3) is 0.700. The quantitative estimate of drug-likeness (QED) is 0.561. The van der Waals surface area contributed by atoms with Gasteiger partial charge < -0.3 is 5.43 Å². The first-order chi connectivity index (χ1) is 8.17. The third-order valence-corrected chi connectivity index (χ3v) is 2.92. The molecule has 17 heavy (non-hydrogen) atoms. The maximum absolute atomic E-state index is 8.64. The predicted molar refractivity (Wildman–Crippen MR) is 68.1 cm³/mol. The number of nitrogens with zero attached hydrogens (tertiary/aromatic N) is 4. The van der Waals surface area contributed by atoms with Crippen LogP contribution >= 0.6 is 11.5 Å². The summed E-state index contributed by atoms with van der Waals surface area (Å²) in [4.78, 5) is 2.20. The van der Waals surface area contributed by atoms with Gasteiger partial charge in [0.05, 0.1) is 6.07 Å².